The highest BCUT2D eigenvalue weighted by molar-refractivity contribution is 5.94. The second kappa shape index (κ2) is 7.92. The van der Waals surface area contributed by atoms with Crippen molar-refractivity contribution in [3.05, 3.63) is 48.8 Å². The van der Waals surface area contributed by atoms with E-state index < -0.39 is 6.04 Å². The zero-order valence-corrected chi connectivity index (χ0v) is 16.2. The molecule has 1 aliphatic rings. The molecule has 28 heavy (non-hydrogen) atoms. The maximum absolute atomic E-state index is 12.8. The highest BCUT2D eigenvalue weighted by Crippen LogP contribution is 2.34. The summed E-state index contributed by atoms with van der Waals surface area (Å²) in [7, 11) is 1.63. The highest BCUT2D eigenvalue weighted by Gasteiger charge is 2.20. The molecule has 2 aromatic carbocycles. The van der Waals surface area contributed by atoms with E-state index in [0.29, 0.717) is 17.2 Å². The molecule has 0 bridgehead atoms. The summed E-state index contributed by atoms with van der Waals surface area (Å²) >= 11 is 0. The van der Waals surface area contributed by atoms with Crippen LogP contribution in [0.1, 0.15) is 38.6 Å². The summed E-state index contributed by atoms with van der Waals surface area (Å²) < 4.78 is 13.4. The number of ether oxygens (including phenoxy) is 2. The van der Waals surface area contributed by atoms with Gasteiger partial charge < -0.3 is 19.4 Å². The molecule has 1 N–H and O–H groups in total. The molecular weight excluding hydrogens is 354 g/mol. The monoisotopic (exact) mass is 379 g/mol. The number of amides is 1. The number of aromatic nitrogens is 2. The number of hydrogen-bond acceptors (Lipinski definition) is 4. The third kappa shape index (κ3) is 3.67. The average Bonchev–Trinajstić information content (AvgIpc) is 3.37. The number of methoxy groups -OCH3 is 1. The van der Waals surface area contributed by atoms with Gasteiger partial charge in [0.05, 0.1) is 30.6 Å². The zero-order valence-electron chi connectivity index (χ0n) is 16.2. The molecule has 1 heterocycles. The lowest BCUT2D eigenvalue weighted by atomic mass is 10.2. The van der Waals surface area contributed by atoms with Gasteiger partial charge in [0.2, 0.25) is 5.91 Å². The van der Waals surface area contributed by atoms with Gasteiger partial charge in [-0.1, -0.05) is 12.1 Å². The minimum Gasteiger partial charge on any atom is -0.493 e. The molecule has 1 saturated carbocycles. The number of nitrogens with one attached hydrogen (secondary N) is 1. The summed E-state index contributed by atoms with van der Waals surface area (Å²) in [6.45, 7) is 1.86. The predicted molar refractivity (Wildman–Crippen MR) is 109 cm³/mol. The normalized spacial score (nSPS) is 15.5. The van der Waals surface area contributed by atoms with Crippen LogP contribution in [0.2, 0.25) is 0 Å². The van der Waals surface area contributed by atoms with Crippen molar-refractivity contribution in [3.8, 4) is 11.5 Å². The molecule has 6 heteroatoms. The van der Waals surface area contributed by atoms with Gasteiger partial charge in [0.25, 0.3) is 0 Å². The molecule has 146 valence electrons. The Hall–Kier alpha value is -3.02. The largest absolute Gasteiger partial charge is 0.493 e. The fourth-order valence-corrected chi connectivity index (χ4v) is 3.69. The number of carbonyl (C=O) groups is 1. The third-order valence-corrected chi connectivity index (χ3v) is 5.30. The SMILES string of the molecule is COc1ccc(NC(=O)C(C)n2cnc3ccccc32)cc1OC1CCCC1. The molecule has 4 rings (SSSR count). The third-order valence-electron chi connectivity index (χ3n) is 5.30. The van der Waals surface area contributed by atoms with Gasteiger partial charge in [-0.25, -0.2) is 4.98 Å². The lowest BCUT2D eigenvalue weighted by molar-refractivity contribution is -0.118. The molecule has 1 fully saturated rings. The number of carbonyl (C=O) groups excluding carboxylic acids is 1. The number of hydrogen-bond donors (Lipinski definition) is 1. The molecular formula is C22H25N3O3. The summed E-state index contributed by atoms with van der Waals surface area (Å²) in [6, 6.07) is 12.9. The van der Waals surface area contributed by atoms with Gasteiger partial charge in [0, 0.05) is 11.8 Å². The van der Waals surface area contributed by atoms with Crippen molar-refractivity contribution in [1.82, 2.24) is 9.55 Å². The van der Waals surface area contributed by atoms with Crippen LogP contribution >= 0.6 is 0 Å². The maximum atomic E-state index is 12.8. The van der Waals surface area contributed by atoms with Gasteiger partial charge in [-0.15, -0.1) is 0 Å². The van der Waals surface area contributed by atoms with Crippen molar-refractivity contribution in [2.24, 2.45) is 0 Å². The van der Waals surface area contributed by atoms with E-state index in [2.05, 4.69) is 10.3 Å². The van der Waals surface area contributed by atoms with Crippen molar-refractivity contribution < 1.29 is 14.3 Å². The predicted octanol–water partition coefficient (Wildman–Crippen LogP) is 4.57. The Morgan fingerprint density at radius 3 is 2.75 bits per heavy atom. The maximum Gasteiger partial charge on any atom is 0.247 e. The van der Waals surface area contributed by atoms with Gasteiger partial charge in [-0.05, 0) is 56.9 Å². The molecule has 1 atom stereocenters. The topological polar surface area (TPSA) is 65.4 Å². The smallest absolute Gasteiger partial charge is 0.247 e. The molecule has 1 aliphatic carbocycles. The minimum absolute atomic E-state index is 0.111. The van der Waals surface area contributed by atoms with Crippen LogP contribution in [0.15, 0.2) is 48.8 Å². The van der Waals surface area contributed by atoms with E-state index in [1.165, 1.54) is 12.8 Å². The van der Waals surface area contributed by atoms with Crippen LogP contribution in [-0.4, -0.2) is 28.7 Å². The van der Waals surface area contributed by atoms with E-state index in [1.54, 1.807) is 13.4 Å². The Bertz CT molecular complexity index is 976. The number of rotatable bonds is 6. The lowest BCUT2D eigenvalue weighted by Crippen LogP contribution is -2.23. The van der Waals surface area contributed by atoms with Crippen LogP contribution in [-0.2, 0) is 4.79 Å². The standard InChI is InChI=1S/C22H25N3O3/c1-15(25-14-23-18-9-5-6-10-19(18)25)22(26)24-16-11-12-20(27-2)21(13-16)28-17-7-3-4-8-17/h5-6,9-15,17H,3-4,7-8H2,1-2H3,(H,24,26). The molecule has 1 unspecified atom stereocenters. The molecule has 1 amide bonds. The van der Waals surface area contributed by atoms with E-state index in [9.17, 15) is 4.79 Å². The van der Waals surface area contributed by atoms with E-state index in [4.69, 9.17) is 9.47 Å². The first-order valence-electron chi connectivity index (χ1n) is 9.73. The minimum atomic E-state index is -0.395. The molecule has 1 aromatic heterocycles. The first-order chi connectivity index (χ1) is 13.7. The number of benzene rings is 2. The second-order valence-corrected chi connectivity index (χ2v) is 7.20. The van der Waals surface area contributed by atoms with Crippen LogP contribution in [0.3, 0.4) is 0 Å². The number of anilines is 1. The van der Waals surface area contributed by atoms with Crippen LogP contribution in [0, 0.1) is 0 Å². The number of para-hydroxylation sites is 2. The summed E-state index contributed by atoms with van der Waals surface area (Å²) in [5, 5.41) is 2.99. The zero-order chi connectivity index (χ0) is 19.5. The highest BCUT2D eigenvalue weighted by atomic mass is 16.5. The molecule has 3 aromatic rings. The Kier molecular flexibility index (Phi) is 5.19. The quantitative estimate of drug-likeness (QED) is 0.681. The van der Waals surface area contributed by atoms with Crippen molar-refractivity contribution in [2.75, 3.05) is 12.4 Å². The lowest BCUT2D eigenvalue weighted by Gasteiger charge is -2.18. The number of imidazole rings is 1. The average molecular weight is 379 g/mol. The first kappa shape index (κ1) is 18.3. The van der Waals surface area contributed by atoms with Crippen LogP contribution in [0.4, 0.5) is 5.69 Å². The van der Waals surface area contributed by atoms with Crippen molar-refractivity contribution in [3.63, 3.8) is 0 Å². The molecule has 0 radical (unpaired) electrons. The van der Waals surface area contributed by atoms with Crippen molar-refractivity contribution >= 4 is 22.6 Å². The Morgan fingerprint density at radius 1 is 1.18 bits per heavy atom. The fourth-order valence-electron chi connectivity index (χ4n) is 3.69. The van der Waals surface area contributed by atoms with Gasteiger partial charge in [0.15, 0.2) is 11.5 Å². The van der Waals surface area contributed by atoms with Gasteiger partial charge in [-0.2, -0.15) is 0 Å². The Labute approximate surface area is 164 Å². The number of nitrogens with zero attached hydrogens (tertiary/aromatic N) is 2. The van der Waals surface area contributed by atoms with E-state index >= 15 is 0 Å². The first-order valence-corrected chi connectivity index (χ1v) is 9.73. The van der Waals surface area contributed by atoms with Crippen LogP contribution in [0.25, 0.3) is 11.0 Å². The van der Waals surface area contributed by atoms with Crippen LogP contribution < -0.4 is 14.8 Å². The van der Waals surface area contributed by atoms with Gasteiger partial charge >= 0.3 is 0 Å². The molecule has 0 saturated heterocycles. The van der Waals surface area contributed by atoms with Gasteiger partial charge in [-0.3, -0.25) is 4.79 Å². The molecule has 0 aliphatic heterocycles. The number of fused-ring (bicyclic) bond motifs is 1. The summed E-state index contributed by atoms with van der Waals surface area (Å²) in [5.41, 5.74) is 2.50. The summed E-state index contributed by atoms with van der Waals surface area (Å²) in [5.74, 6) is 1.24. The van der Waals surface area contributed by atoms with E-state index in [0.717, 1.165) is 23.9 Å². The fraction of sp³-hybridized carbons (Fsp3) is 0.364. The van der Waals surface area contributed by atoms with E-state index in [-0.39, 0.29) is 12.0 Å². The van der Waals surface area contributed by atoms with Gasteiger partial charge in [0.1, 0.15) is 6.04 Å². The van der Waals surface area contributed by atoms with Crippen molar-refractivity contribution in [2.45, 2.75) is 44.8 Å². The van der Waals surface area contributed by atoms with Crippen molar-refractivity contribution in [1.29, 1.82) is 0 Å². The van der Waals surface area contributed by atoms with Crippen LogP contribution in [0.5, 0.6) is 11.5 Å². The molecule has 0 spiro atoms. The molecule has 6 nitrogen and oxygen atoms in total. The Morgan fingerprint density at radius 2 is 1.96 bits per heavy atom. The second-order valence-electron chi connectivity index (χ2n) is 7.20. The Balaban J connectivity index is 1.52. The van der Waals surface area contributed by atoms with E-state index in [1.807, 2.05) is 54.0 Å². The summed E-state index contributed by atoms with van der Waals surface area (Å²) in [6.07, 6.45) is 6.43. The summed E-state index contributed by atoms with van der Waals surface area (Å²) in [4.78, 5) is 17.2.